The van der Waals surface area contributed by atoms with Crippen LogP contribution in [0.15, 0.2) is 24.4 Å². The molecule has 106 valence electrons. The van der Waals surface area contributed by atoms with Gasteiger partial charge in [-0.1, -0.05) is 30.1 Å². The number of nitrogens with zero attached hydrogens (tertiary/aromatic N) is 2. The van der Waals surface area contributed by atoms with Gasteiger partial charge in [-0.2, -0.15) is 4.98 Å². The molecule has 0 aliphatic carbocycles. The van der Waals surface area contributed by atoms with Gasteiger partial charge in [-0.25, -0.2) is 4.98 Å². The Kier molecular flexibility index (Phi) is 5.04. The summed E-state index contributed by atoms with van der Waals surface area (Å²) in [7, 11) is 0. The van der Waals surface area contributed by atoms with Gasteiger partial charge in [0, 0.05) is 23.3 Å². The smallest absolute Gasteiger partial charge is 0.227 e. The molecule has 0 saturated heterocycles. The number of aryl methyl sites for hydroxylation is 1. The van der Waals surface area contributed by atoms with E-state index in [2.05, 4.69) is 22.2 Å². The highest BCUT2D eigenvalue weighted by Crippen LogP contribution is 2.32. The lowest BCUT2D eigenvalue weighted by atomic mass is 10.3. The molecule has 0 aliphatic heterocycles. The largest absolute Gasteiger partial charge is 0.437 e. The van der Waals surface area contributed by atoms with Crippen LogP contribution in [0.4, 0.5) is 5.95 Å². The molecule has 1 heterocycles. The zero-order chi connectivity index (χ0) is 14.5. The summed E-state index contributed by atoms with van der Waals surface area (Å²) in [4.78, 5) is 8.53. The Hall–Kier alpha value is -1.52. The van der Waals surface area contributed by atoms with E-state index in [0.29, 0.717) is 27.6 Å². The predicted octanol–water partition coefficient (Wildman–Crippen LogP) is 4.71. The molecule has 1 aromatic carbocycles. The van der Waals surface area contributed by atoms with Gasteiger partial charge >= 0.3 is 0 Å². The molecule has 1 N–H and O–H groups in total. The van der Waals surface area contributed by atoms with E-state index >= 15 is 0 Å². The number of ether oxygens (including phenoxy) is 1. The highest BCUT2D eigenvalue weighted by molar-refractivity contribution is 6.35. The Morgan fingerprint density at radius 1 is 1.30 bits per heavy atom. The van der Waals surface area contributed by atoms with Crippen molar-refractivity contribution in [2.75, 3.05) is 11.9 Å². The Balaban J connectivity index is 2.23. The number of halogens is 2. The molecule has 0 aliphatic rings. The number of nitrogens with one attached hydrogen (secondary N) is 1. The van der Waals surface area contributed by atoms with Crippen molar-refractivity contribution < 1.29 is 4.74 Å². The highest BCUT2D eigenvalue weighted by atomic mass is 35.5. The average Bonchev–Trinajstić information content (AvgIpc) is 2.42. The van der Waals surface area contributed by atoms with Gasteiger partial charge in [-0.05, 0) is 31.5 Å². The lowest BCUT2D eigenvalue weighted by Crippen LogP contribution is -2.05. The topological polar surface area (TPSA) is 47.0 Å². The number of anilines is 1. The van der Waals surface area contributed by atoms with Gasteiger partial charge < -0.3 is 10.1 Å². The molecule has 0 atom stereocenters. The molecule has 0 spiro atoms. The molecule has 0 bridgehead atoms. The monoisotopic (exact) mass is 311 g/mol. The van der Waals surface area contributed by atoms with Crippen LogP contribution in [0, 0.1) is 6.92 Å². The minimum Gasteiger partial charge on any atom is -0.437 e. The zero-order valence-corrected chi connectivity index (χ0v) is 12.8. The Labute approximate surface area is 128 Å². The van der Waals surface area contributed by atoms with E-state index in [0.717, 1.165) is 18.5 Å². The van der Waals surface area contributed by atoms with Crippen LogP contribution in [-0.2, 0) is 0 Å². The second-order valence-electron chi connectivity index (χ2n) is 4.29. The summed E-state index contributed by atoms with van der Waals surface area (Å²) >= 11 is 11.9. The van der Waals surface area contributed by atoms with Gasteiger partial charge in [0.05, 0.1) is 5.02 Å². The Morgan fingerprint density at radius 3 is 2.80 bits per heavy atom. The second-order valence-corrected chi connectivity index (χ2v) is 5.13. The van der Waals surface area contributed by atoms with Gasteiger partial charge in [-0.15, -0.1) is 0 Å². The van der Waals surface area contributed by atoms with Crippen LogP contribution in [0.3, 0.4) is 0 Å². The van der Waals surface area contributed by atoms with Crippen LogP contribution in [0.25, 0.3) is 0 Å². The van der Waals surface area contributed by atoms with E-state index in [4.69, 9.17) is 27.9 Å². The van der Waals surface area contributed by atoms with E-state index in [1.165, 1.54) is 0 Å². The number of hydrogen-bond donors (Lipinski definition) is 1. The molecule has 0 fully saturated rings. The fourth-order valence-electron chi connectivity index (χ4n) is 1.51. The fraction of sp³-hybridized carbons (Fsp3) is 0.286. The third kappa shape index (κ3) is 3.74. The average molecular weight is 312 g/mol. The summed E-state index contributed by atoms with van der Waals surface area (Å²) in [6.45, 7) is 4.76. The SMILES string of the molecule is CCCNc1ncc(C)c(Oc2ccc(Cl)cc2Cl)n1. The van der Waals surface area contributed by atoms with E-state index in [9.17, 15) is 0 Å². The van der Waals surface area contributed by atoms with Crippen molar-refractivity contribution in [3.05, 3.63) is 40.0 Å². The minimum atomic E-state index is 0.443. The molecule has 6 heteroatoms. The van der Waals surface area contributed by atoms with Crippen molar-refractivity contribution in [1.29, 1.82) is 0 Å². The van der Waals surface area contributed by atoms with Crippen LogP contribution in [0.1, 0.15) is 18.9 Å². The fourth-order valence-corrected chi connectivity index (χ4v) is 1.96. The van der Waals surface area contributed by atoms with Crippen LogP contribution >= 0.6 is 23.2 Å². The molecule has 0 saturated carbocycles. The summed E-state index contributed by atoms with van der Waals surface area (Å²) in [5.74, 6) is 1.53. The first-order valence-electron chi connectivity index (χ1n) is 6.30. The molecule has 20 heavy (non-hydrogen) atoms. The molecular formula is C14H15Cl2N3O. The van der Waals surface area contributed by atoms with Gasteiger partial charge in [0.15, 0.2) is 0 Å². The first-order chi connectivity index (χ1) is 9.60. The van der Waals surface area contributed by atoms with E-state index in [1.54, 1.807) is 24.4 Å². The quantitative estimate of drug-likeness (QED) is 0.869. The van der Waals surface area contributed by atoms with Gasteiger partial charge in [-0.3, -0.25) is 0 Å². The van der Waals surface area contributed by atoms with Crippen molar-refractivity contribution in [3.63, 3.8) is 0 Å². The normalized spacial score (nSPS) is 10.4. The van der Waals surface area contributed by atoms with Crippen molar-refractivity contribution in [1.82, 2.24) is 9.97 Å². The molecule has 0 unspecified atom stereocenters. The number of aromatic nitrogens is 2. The molecule has 2 rings (SSSR count). The van der Waals surface area contributed by atoms with Gasteiger partial charge in [0.1, 0.15) is 5.75 Å². The van der Waals surface area contributed by atoms with Gasteiger partial charge in [0.25, 0.3) is 0 Å². The molecule has 2 aromatic rings. The predicted molar refractivity (Wildman–Crippen MR) is 82.1 cm³/mol. The maximum Gasteiger partial charge on any atom is 0.227 e. The van der Waals surface area contributed by atoms with Crippen molar-refractivity contribution in [2.45, 2.75) is 20.3 Å². The van der Waals surface area contributed by atoms with E-state index in [-0.39, 0.29) is 0 Å². The lowest BCUT2D eigenvalue weighted by molar-refractivity contribution is 0.458. The number of rotatable bonds is 5. The second kappa shape index (κ2) is 6.77. The lowest BCUT2D eigenvalue weighted by Gasteiger charge is -2.10. The Bertz CT molecular complexity index is 605. The summed E-state index contributed by atoms with van der Waals surface area (Å²) < 4.78 is 5.73. The molecule has 0 radical (unpaired) electrons. The number of hydrogen-bond acceptors (Lipinski definition) is 4. The van der Waals surface area contributed by atoms with Crippen LogP contribution in [-0.4, -0.2) is 16.5 Å². The first kappa shape index (κ1) is 14.9. The molecule has 4 nitrogen and oxygen atoms in total. The van der Waals surface area contributed by atoms with Gasteiger partial charge in [0.2, 0.25) is 11.8 Å². The Morgan fingerprint density at radius 2 is 2.10 bits per heavy atom. The van der Waals surface area contributed by atoms with E-state index in [1.807, 2.05) is 6.92 Å². The highest BCUT2D eigenvalue weighted by Gasteiger charge is 2.09. The van der Waals surface area contributed by atoms with Crippen LogP contribution in [0.2, 0.25) is 10.0 Å². The maximum absolute atomic E-state index is 6.09. The zero-order valence-electron chi connectivity index (χ0n) is 11.3. The molecule has 0 amide bonds. The first-order valence-corrected chi connectivity index (χ1v) is 7.06. The summed E-state index contributed by atoms with van der Waals surface area (Å²) in [6.07, 6.45) is 2.71. The minimum absolute atomic E-state index is 0.443. The molecular weight excluding hydrogens is 297 g/mol. The van der Waals surface area contributed by atoms with Crippen LogP contribution in [0.5, 0.6) is 11.6 Å². The summed E-state index contributed by atoms with van der Waals surface area (Å²) in [5, 5.41) is 4.12. The standard InChI is InChI=1S/C14H15Cl2N3O/c1-3-6-17-14-18-8-9(2)13(19-14)20-12-5-4-10(15)7-11(12)16/h4-5,7-8H,3,6H2,1-2H3,(H,17,18,19). The van der Waals surface area contributed by atoms with E-state index < -0.39 is 0 Å². The third-order valence-electron chi connectivity index (χ3n) is 2.56. The number of benzene rings is 1. The molecule has 1 aromatic heterocycles. The van der Waals surface area contributed by atoms with Crippen molar-refractivity contribution >= 4 is 29.2 Å². The van der Waals surface area contributed by atoms with Crippen LogP contribution < -0.4 is 10.1 Å². The van der Waals surface area contributed by atoms with Crippen molar-refractivity contribution in [2.24, 2.45) is 0 Å². The van der Waals surface area contributed by atoms with Crippen molar-refractivity contribution in [3.8, 4) is 11.6 Å². The summed E-state index contributed by atoms with van der Waals surface area (Å²) in [5.41, 5.74) is 0.832. The summed E-state index contributed by atoms with van der Waals surface area (Å²) in [6, 6.07) is 5.06. The maximum atomic E-state index is 6.09. The third-order valence-corrected chi connectivity index (χ3v) is 3.09.